The van der Waals surface area contributed by atoms with Gasteiger partial charge in [0.25, 0.3) is 5.91 Å². The Bertz CT molecular complexity index is 897. The molecular weight excluding hydrogens is 396 g/mol. The molecule has 2 aliphatic rings. The van der Waals surface area contributed by atoms with Gasteiger partial charge in [-0.2, -0.15) is 0 Å². The Labute approximate surface area is 182 Å². The number of piperidine rings is 1. The zero-order chi connectivity index (χ0) is 21.5. The maximum absolute atomic E-state index is 13.4. The molecule has 0 atom stereocenters. The van der Waals surface area contributed by atoms with Crippen molar-refractivity contribution in [2.45, 2.75) is 65.1 Å². The zero-order valence-corrected chi connectivity index (χ0v) is 19.2. The van der Waals surface area contributed by atoms with Crippen LogP contribution in [0.25, 0.3) is 10.2 Å². The van der Waals surface area contributed by atoms with Gasteiger partial charge in [-0.25, -0.2) is 9.78 Å². The minimum atomic E-state index is -0.666. The Morgan fingerprint density at radius 1 is 1.10 bits per heavy atom. The van der Waals surface area contributed by atoms with Gasteiger partial charge < -0.3 is 4.90 Å². The molecule has 2 fully saturated rings. The van der Waals surface area contributed by atoms with E-state index in [1.807, 2.05) is 30.9 Å². The number of hydrogen-bond acceptors (Lipinski definition) is 5. The van der Waals surface area contributed by atoms with Crippen molar-refractivity contribution < 1.29 is 9.59 Å². The van der Waals surface area contributed by atoms with Gasteiger partial charge in [0.05, 0.1) is 16.8 Å². The maximum atomic E-state index is 13.4. The van der Waals surface area contributed by atoms with E-state index in [0.29, 0.717) is 25.3 Å². The highest BCUT2D eigenvalue weighted by Gasteiger charge is 2.58. The summed E-state index contributed by atoms with van der Waals surface area (Å²) in [5.41, 5.74) is 0.385. The van der Waals surface area contributed by atoms with Crippen LogP contribution < -0.4 is 0 Å². The molecule has 0 radical (unpaired) electrons. The first-order valence-corrected chi connectivity index (χ1v) is 11.9. The van der Waals surface area contributed by atoms with E-state index in [1.165, 1.54) is 9.60 Å². The summed E-state index contributed by atoms with van der Waals surface area (Å²) in [6.07, 6.45) is 2.32. The normalized spacial score (nSPS) is 19.9. The lowest BCUT2D eigenvalue weighted by molar-refractivity contribution is -0.136. The number of likely N-dealkylation sites (tertiary alicyclic amines) is 1. The Morgan fingerprint density at radius 3 is 2.43 bits per heavy atom. The third-order valence-corrected chi connectivity index (χ3v) is 7.42. The fourth-order valence-corrected chi connectivity index (χ4v) is 5.65. The van der Waals surface area contributed by atoms with Crippen LogP contribution in [0.3, 0.4) is 0 Å². The number of rotatable bonds is 6. The van der Waals surface area contributed by atoms with E-state index in [0.717, 1.165) is 36.6 Å². The van der Waals surface area contributed by atoms with Crippen molar-refractivity contribution in [2.75, 3.05) is 19.6 Å². The summed E-state index contributed by atoms with van der Waals surface area (Å²) in [5.74, 6) is 0.503. The minimum Gasteiger partial charge on any atom is -0.309 e. The van der Waals surface area contributed by atoms with Crippen molar-refractivity contribution in [3.05, 3.63) is 29.3 Å². The SMILES string of the molecule is CC(C)CCN1C(=O)N(C(C)C)C(=O)C12CCN(Cc1nc3ccccc3s1)CC2. The number of imide groups is 1. The molecule has 6 nitrogen and oxygen atoms in total. The molecule has 0 N–H and O–H groups in total. The van der Waals surface area contributed by atoms with Gasteiger partial charge in [-0.3, -0.25) is 14.6 Å². The summed E-state index contributed by atoms with van der Waals surface area (Å²) in [5, 5.41) is 1.11. The summed E-state index contributed by atoms with van der Waals surface area (Å²) in [6.45, 7) is 11.3. The van der Waals surface area contributed by atoms with E-state index in [2.05, 4.69) is 30.9 Å². The van der Waals surface area contributed by atoms with Crippen molar-refractivity contribution in [3.63, 3.8) is 0 Å². The molecule has 2 saturated heterocycles. The molecular formula is C23H32N4O2S. The van der Waals surface area contributed by atoms with Crippen LogP contribution in [0.2, 0.25) is 0 Å². The van der Waals surface area contributed by atoms with E-state index in [9.17, 15) is 9.59 Å². The van der Waals surface area contributed by atoms with Gasteiger partial charge in [0, 0.05) is 25.7 Å². The minimum absolute atomic E-state index is 0.00546. The Hall–Kier alpha value is -1.99. The first-order valence-electron chi connectivity index (χ1n) is 11.0. The van der Waals surface area contributed by atoms with Crippen LogP contribution in [0, 0.1) is 5.92 Å². The average molecular weight is 429 g/mol. The van der Waals surface area contributed by atoms with Crippen LogP contribution in [0.1, 0.15) is 52.0 Å². The van der Waals surface area contributed by atoms with Crippen molar-refractivity contribution in [1.82, 2.24) is 19.7 Å². The number of nitrogens with zero attached hydrogens (tertiary/aromatic N) is 4. The molecule has 1 aromatic carbocycles. The number of thiazole rings is 1. The lowest BCUT2D eigenvalue weighted by atomic mass is 9.85. The smallest absolute Gasteiger partial charge is 0.309 e. The predicted octanol–water partition coefficient (Wildman–Crippen LogP) is 4.35. The van der Waals surface area contributed by atoms with E-state index < -0.39 is 5.54 Å². The maximum Gasteiger partial charge on any atom is 0.327 e. The van der Waals surface area contributed by atoms with Crippen molar-refractivity contribution in [3.8, 4) is 0 Å². The molecule has 0 saturated carbocycles. The number of carbonyl (C=O) groups excluding carboxylic acids is 2. The second kappa shape index (κ2) is 8.27. The van der Waals surface area contributed by atoms with Crippen LogP contribution >= 0.6 is 11.3 Å². The molecule has 3 heterocycles. The first kappa shape index (κ1) is 21.2. The summed E-state index contributed by atoms with van der Waals surface area (Å²) >= 11 is 1.74. The third-order valence-electron chi connectivity index (χ3n) is 6.40. The molecule has 2 aliphatic heterocycles. The molecule has 4 rings (SSSR count). The number of para-hydroxylation sites is 1. The second-order valence-corrected chi connectivity index (χ2v) is 10.4. The molecule has 2 aromatic rings. The van der Waals surface area contributed by atoms with Gasteiger partial charge in [-0.1, -0.05) is 26.0 Å². The van der Waals surface area contributed by atoms with Crippen molar-refractivity contribution in [1.29, 1.82) is 0 Å². The predicted molar refractivity (Wildman–Crippen MR) is 120 cm³/mol. The average Bonchev–Trinajstić information content (AvgIpc) is 3.19. The molecule has 7 heteroatoms. The van der Waals surface area contributed by atoms with Gasteiger partial charge >= 0.3 is 6.03 Å². The van der Waals surface area contributed by atoms with E-state index >= 15 is 0 Å². The third kappa shape index (κ3) is 3.73. The zero-order valence-electron chi connectivity index (χ0n) is 18.4. The quantitative estimate of drug-likeness (QED) is 0.642. The molecule has 0 bridgehead atoms. The summed E-state index contributed by atoms with van der Waals surface area (Å²) < 4.78 is 1.21. The topological polar surface area (TPSA) is 56.8 Å². The molecule has 0 aliphatic carbocycles. The van der Waals surface area contributed by atoms with Crippen LogP contribution in [-0.2, 0) is 11.3 Å². The Kier molecular flexibility index (Phi) is 5.86. The standard InChI is InChI=1S/C23H32N4O2S/c1-16(2)9-12-26-22(29)27(17(3)4)21(28)23(26)10-13-25(14-11-23)15-20-24-18-7-5-6-8-19(18)30-20/h5-8,16-17H,9-15H2,1-4H3. The number of carbonyl (C=O) groups is 2. The van der Waals surface area contributed by atoms with Gasteiger partial charge in [-0.15, -0.1) is 11.3 Å². The molecule has 1 aromatic heterocycles. The molecule has 30 heavy (non-hydrogen) atoms. The van der Waals surface area contributed by atoms with Gasteiger partial charge in [0.15, 0.2) is 0 Å². The Balaban J connectivity index is 1.49. The van der Waals surface area contributed by atoms with E-state index in [1.54, 1.807) is 11.3 Å². The number of hydrogen-bond donors (Lipinski definition) is 0. The summed E-state index contributed by atoms with van der Waals surface area (Å²) in [7, 11) is 0. The summed E-state index contributed by atoms with van der Waals surface area (Å²) in [4.78, 5) is 37.0. The van der Waals surface area contributed by atoms with Crippen LogP contribution in [0.4, 0.5) is 4.79 Å². The number of benzene rings is 1. The second-order valence-electron chi connectivity index (χ2n) is 9.27. The van der Waals surface area contributed by atoms with Gasteiger partial charge in [-0.05, 0) is 51.2 Å². The van der Waals surface area contributed by atoms with E-state index in [-0.39, 0.29) is 18.0 Å². The van der Waals surface area contributed by atoms with Crippen molar-refractivity contribution >= 4 is 33.5 Å². The molecule has 3 amide bonds. The van der Waals surface area contributed by atoms with Gasteiger partial charge in [0.1, 0.15) is 10.5 Å². The number of urea groups is 1. The van der Waals surface area contributed by atoms with Crippen molar-refractivity contribution in [2.24, 2.45) is 5.92 Å². The fourth-order valence-electron chi connectivity index (χ4n) is 4.64. The van der Waals surface area contributed by atoms with Gasteiger partial charge in [0.2, 0.25) is 0 Å². The highest BCUT2D eigenvalue weighted by Crippen LogP contribution is 2.39. The molecule has 162 valence electrons. The summed E-state index contributed by atoms with van der Waals surface area (Å²) in [6, 6.07) is 8.02. The monoisotopic (exact) mass is 428 g/mol. The van der Waals surface area contributed by atoms with Crippen LogP contribution in [0.15, 0.2) is 24.3 Å². The number of amides is 3. The molecule has 0 unspecified atom stereocenters. The lowest BCUT2D eigenvalue weighted by Crippen LogP contribution is -2.56. The number of aromatic nitrogens is 1. The van der Waals surface area contributed by atoms with Crippen LogP contribution in [0.5, 0.6) is 0 Å². The highest BCUT2D eigenvalue weighted by molar-refractivity contribution is 7.18. The van der Waals surface area contributed by atoms with E-state index in [4.69, 9.17) is 4.98 Å². The Morgan fingerprint density at radius 2 is 1.80 bits per heavy atom. The first-order chi connectivity index (χ1) is 14.3. The lowest BCUT2D eigenvalue weighted by Gasteiger charge is -2.42. The highest BCUT2D eigenvalue weighted by atomic mass is 32.1. The van der Waals surface area contributed by atoms with Crippen LogP contribution in [-0.4, -0.2) is 62.8 Å². The fraction of sp³-hybridized carbons (Fsp3) is 0.609. The number of fused-ring (bicyclic) bond motifs is 1. The largest absolute Gasteiger partial charge is 0.327 e. The molecule has 1 spiro atoms.